The maximum Gasteiger partial charge on any atom is 0.270 e. The Bertz CT molecular complexity index is 543. The molecule has 9 heteroatoms. The van der Waals surface area contributed by atoms with Crippen molar-refractivity contribution in [2.45, 2.75) is 12.8 Å². The van der Waals surface area contributed by atoms with Crippen molar-refractivity contribution in [1.29, 1.82) is 0 Å². The number of carbonyl (C=O) groups excluding carboxylic acids is 2. The van der Waals surface area contributed by atoms with Crippen molar-refractivity contribution in [1.82, 2.24) is 10.9 Å². The van der Waals surface area contributed by atoms with Crippen molar-refractivity contribution >= 4 is 23.7 Å². The van der Waals surface area contributed by atoms with Crippen LogP contribution in [-0.2, 0) is 9.59 Å². The van der Waals surface area contributed by atoms with E-state index in [1.807, 2.05) is 5.43 Å². The van der Waals surface area contributed by atoms with Gasteiger partial charge >= 0.3 is 0 Å². The van der Waals surface area contributed by atoms with Gasteiger partial charge in [-0.15, -0.1) is 0 Å². The van der Waals surface area contributed by atoms with E-state index in [1.165, 1.54) is 24.4 Å². The molecule has 0 fully saturated rings. The van der Waals surface area contributed by atoms with E-state index in [0.29, 0.717) is 5.56 Å². The highest BCUT2D eigenvalue weighted by Gasteiger charge is 2.05. The summed E-state index contributed by atoms with van der Waals surface area (Å²) in [6, 6.07) is 5.77. The van der Waals surface area contributed by atoms with E-state index in [4.69, 9.17) is 5.84 Å². The van der Waals surface area contributed by atoms with Crippen molar-refractivity contribution in [2.24, 2.45) is 10.9 Å². The Labute approximate surface area is 114 Å². The number of rotatable bonds is 6. The molecule has 0 atom stereocenters. The molecule has 0 aliphatic rings. The number of amides is 2. The van der Waals surface area contributed by atoms with E-state index in [-0.39, 0.29) is 18.5 Å². The van der Waals surface area contributed by atoms with Crippen LogP contribution in [-0.4, -0.2) is 23.0 Å². The van der Waals surface area contributed by atoms with Gasteiger partial charge in [0.15, 0.2) is 0 Å². The van der Waals surface area contributed by atoms with E-state index < -0.39 is 16.7 Å². The first-order valence-electron chi connectivity index (χ1n) is 5.58. The number of nitro groups is 1. The van der Waals surface area contributed by atoms with Crippen LogP contribution >= 0.6 is 0 Å². The van der Waals surface area contributed by atoms with Gasteiger partial charge in [0, 0.05) is 30.5 Å². The lowest BCUT2D eigenvalue weighted by atomic mass is 10.2. The molecule has 0 saturated heterocycles. The van der Waals surface area contributed by atoms with E-state index in [2.05, 4.69) is 10.5 Å². The number of nitrogens with zero attached hydrogens (tertiary/aromatic N) is 2. The zero-order valence-electron chi connectivity index (χ0n) is 10.4. The van der Waals surface area contributed by atoms with Crippen LogP contribution in [0.3, 0.4) is 0 Å². The second-order valence-corrected chi connectivity index (χ2v) is 3.71. The lowest BCUT2D eigenvalue weighted by Gasteiger charge is -1.99. The van der Waals surface area contributed by atoms with Crippen LogP contribution in [0.15, 0.2) is 29.4 Å². The number of non-ortho nitro benzene ring substituents is 1. The Morgan fingerprint density at radius 1 is 1.35 bits per heavy atom. The standard InChI is InChI=1S/C11H13N5O4/c12-14-10(17)4-5-11(18)15-13-7-8-2-1-3-9(6-8)16(19)20/h1-3,6-7H,4-5,12H2,(H,14,17)(H,15,18)/b13-7-. The number of carbonyl (C=O) groups is 2. The van der Waals surface area contributed by atoms with Crippen molar-refractivity contribution in [3.8, 4) is 0 Å². The summed E-state index contributed by atoms with van der Waals surface area (Å²) in [5.41, 5.74) is 4.50. The molecular formula is C11H13N5O4. The molecule has 1 rings (SSSR count). The summed E-state index contributed by atoms with van der Waals surface area (Å²) in [6.45, 7) is 0. The zero-order chi connectivity index (χ0) is 15.0. The van der Waals surface area contributed by atoms with Crippen LogP contribution in [0.2, 0.25) is 0 Å². The molecule has 0 spiro atoms. The third kappa shape index (κ3) is 5.23. The van der Waals surface area contributed by atoms with Gasteiger partial charge in [0.25, 0.3) is 5.69 Å². The van der Waals surface area contributed by atoms with E-state index >= 15 is 0 Å². The molecule has 0 heterocycles. The molecule has 0 bridgehead atoms. The number of nitro benzene ring substituents is 1. The molecule has 0 aliphatic heterocycles. The van der Waals surface area contributed by atoms with Crippen LogP contribution in [0.1, 0.15) is 18.4 Å². The number of nitrogens with one attached hydrogen (secondary N) is 2. The first kappa shape index (κ1) is 15.2. The Hall–Kier alpha value is -2.81. The predicted molar refractivity (Wildman–Crippen MR) is 70.4 cm³/mol. The van der Waals surface area contributed by atoms with Gasteiger partial charge in [-0.2, -0.15) is 5.10 Å². The maximum atomic E-state index is 11.3. The summed E-state index contributed by atoms with van der Waals surface area (Å²) >= 11 is 0. The predicted octanol–water partition coefficient (Wildman–Crippen LogP) is -0.185. The Kier molecular flexibility index (Phi) is 5.78. The van der Waals surface area contributed by atoms with E-state index in [1.54, 1.807) is 6.07 Å². The van der Waals surface area contributed by atoms with Gasteiger partial charge < -0.3 is 0 Å². The average Bonchev–Trinajstić information content (AvgIpc) is 2.45. The number of hydrazone groups is 1. The second-order valence-electron chi connectivity index (χ2n) is 3.71. The summed E-state index contributed by atoms with van der Waals surface area (Å²) in [7, 11) is 0. The van der Waals surface area contributed by atoms with Gasteiger partial charge in [0.05, 0.1) is 11.1 Å². The van der Waals surface area contributed by atoms with Gasteiger partial charge in [-0.3, -0.25) is 25.1 Å². The number of hydrazine groups is 1. The summed E-state index contributed by atoms with van der Waals surface area (Å²) in [6.07, 6.45) is 1.16. The number of nitrogens with two attached hydrogens (primary N) is 1. The third-order valence-corrected chi connectivity index (χ3v) is 2.22. The smallest absolute Gasteiger partial charge is 0.270 e. The quantitative estimate of drug-likeness (QED) is 0.218. The second kappa shape index (κ2) is 7.59. The first-order valence-corrected chi connectivity index (χ1v) is 5.58. The van der Waals surface area contributed by atoms with E-state index in [9.17, 15) is 19.7 Å². The number of benzene rings is 1. The third-order valence-electron chi connectivity index (χ3n) is 2.22. The Morgan fingerprint density at radius 3 is 2.70 bits per heavy atom. The van der Waals surface area contributed by atoms with Crippen LogP contribution in [0.5, 0.6) is 0 Å². The molecule has 0 saturated carbocycles. The highest BCUT2D eigenvalue weighted by atomic mass is 16.6. The highest BCUT2D eigenvalue weighted by molar-refractivity contribution is 5.85. The fraction of sp³-hybridized carbons (Fsp3) is 0.182. The van der Waals surface area contributed by atoms with Gasteiger partial charge in [0.2, 0.25) is 11.8 Å². The van der Waals surface area contributed by atoms with Crippen LogP contribution in [0.25, 0.3) is 0 Å². The minimum Gasteiger partial charge on any atom is -0.294 e. The molecule has 106 valence electrons. The number of hydrogen-bond donors (Lipinski definition) is 3. The molecule has 0 unspecified atom stereocenters. The summed E-state index contributed by atoms with van der Waals surface area (Å²) in [5.74, 6) is 3.94. The summed E-state index contributed by atoms with van der Waals surface area (Å²) in [4.78, 5) is 32.1. The van der Waals surface area contributed by atoms with Gasteiger partial charge in [-0.1, -0.05) is 12.1 Å². The molecule has 9 nitrogen and oxygen atoms in total. The molecule has 0 aromatic heterocycles. The lowest BCUT2D eigenvalue weighted by Crippen LogP contribution is -2.31. The van der Waals surface area contributed by atoms with Crippen molar-refractivity contribution < 1.29 is 14.5 Å². The first-order chi connectivity index (χ1) is 9.52. The fourth-order valence-corrected chi connectivity index (χ4v) is 1.25. The molecule has 4 N–H and O–H groups in total. The van der Waals surface area contributed by atoms with E-state index in [0.717, 1.165) is 0 Å². The van der Waals surface area contributed by atoms with Crippen molar-refractivity contribution in [3.63, 3.8) is 0 Å². The SMILES string of the molecule is NNC(=O)CCC(=O)N/N=C\c1cccc([N+](=O)[O-])c1. The monoisotopic (exact) mass is 279 g/mol. The van der Waals surface area contributed by atoms with Crippen LogP contribution < -0.4 is 16.7 Å². The molecule has 1 aromatic rings. The largest absolute Gasteiger partial charge is 0.294 e. The zero-order valence-corrected chi connectivity index (χ0v) is 10.4. The maximum absolute atomic E-state index is 11.3. The average molecular weight is 279 g/mol. The van der Waals surface area contributed by atoms with Crippen molar-refractivity contribution in [3.05, 3.63) is 39.9 Å². The summed E-state index contributed by atoms with van der Waals surface area (Å²) < 4.78 is 0. The van der Waals surface area contributed by atoms with Gasteiger partial charge in [-0.25, -0.2) is 11.3 Å². The van der Waals surface area contributed by atoms with Gasteiger partial charge in [-0.05, 0) is 0 Å². The molecule has 0 radical (unpaired) electrons. The van der Waals surface area contributed by atoms with Crippen molar-refractivity contribution in [2.75, 3.05) is 0 Å². The lowest BCUT2D eigenvalue weighted by molar-refractivity contribution is -0.384. The highest BCUT2D eigenvalue weighted by Crippen LogP contribution is 2.11. The Morgan fingerprint density at radius 2 is 2.05 bits per heavy atom. The molecule has 2 amide bonds. The fourth-order valence-electron chi connectivity index (χ4n) is 1.25. The topological polar surface area (TPSA) is 140 Å². The molecule has 20 heavy (non-hydrogen) atoms. The molecule has 0 aliphatic carbocycles. The Balaban J connectivity index is 2.48. The minimum absolute atomic E-state index is 0.0470. The minimum atomic E-state index is -0.526. The molecule has 1 aromatic carbocycles. The molecular weight excluding hydrogens is 266 g/mol. The normalized spacial score (nSPS) is 10.2. The number of hydrogen-bond acceptors (Lipinski definition) is 6. The van der Waals surface area contributed by atoms with Crippen LogP contribution in [0, 0.1) is 10.1 Å². The van der Waals surface area contributed by atoms with Gasteiger partial charge in [0.1, 0.15) is 0 Å². The van der Waals surface area contributed by atoms with Crippen LogP contribution in [0.4, 0.5) is 5.69 Å². The summed E-state index contributed by atoms with van der Waals surface area (Å²) in [5, 5.41) is 14.2.